The smallest absolute Gasteiger partial charge is 0.257 e. The lowest BCUT2D eigenvalue weighted by Gasteiger charge is -2.22. The lowest BCUT2D eigenvalue weighted by atomic mass is 10.2. The number of hydrogen-bond acceptors (Lipinski definition) is 7. The van der Waals surface area contributed by atoms with Crippen LogP contribution in [0.5, 0.6) is 17.4 Å². The summed E-state index contributed by atoms with van der Waals surface area (Å²) in [7, 11) is 0. The van der Waals surface area contributed by atoms with Gasteiger partial charge in [0.2, 0.25) is 0 Å². The summed E-state index contributed by atoms with van der Waals surface area (Å²) in [6, 6.07) is 4.36. The summed E-state index contributed by atoms with van der Waals surface area (Å²) >= 11 is 0. The number of hydrogen-bond donors (Lipinski definition) is 0. The second-order valence-corrected chi connectivity index (χ2v) is 6.52. The fourth-order valence-electron chi connectivity index (χ4n) is 3.25. The molecule has 0 bridgehead atoms. The van der Waals surface area contributed by atoms with Gasteiger partial charge in [0.15, 0.2) is 11.5 Å². The molecule has 7 nitrogen and oxygen atoms in total. The minimum atomic E-state index is 0.138. The van der Waals surface area contributed by atoms with Crippen LogP contribution in [0.15, 0.2) is 24.5 Å². The fraction of sp³-hybridized carbons (Fsp3) is 0.500. The Morgan fingerprint density at radius 1 is 1.20 bits per heavy atom. The van der Waals surface area contributed by atoms with Crippen LogP contribution in [0, 0.1) is 6.92 Å². The van der Waals surface area contributed by atoms with E-state index in [2.05, 4.69) is 26.8 Å². The van der Waals surface area contributed by atoms with Crippen molar-refractivity contribution in [2.24, 2.45) is 0 Å². The van der Waals surface area contributed by atoms with E-state index in [1.165, 1.54) is 0 Å². The lowest BCUT2D eigenvalue weighted by molar-refractivity contribution is 0.162. The lowest BCUT2D eigenvalue weighted by Crippen LogP contribution is -2.28. The molecule has 2 atom stereocenters. The first-order chi connectivity index (χ1) is 12.2. The Hall–Kier alpha value is -2.41. The average Bonchev–Trinajstić information content (AvgIpc) is 2.96. The van der Waals surface area contributed by atoms with E-state index in [1.807, 2.05) is 19.1 Å². The summed E-state index contributed by atoms with van der Waals surface area (Å²) in [6.45, 7) is 6.83. The SMILES string of the molecule is Cc1ncc(O[C@@H]2C[C@H](C)N(Cc3ccc4c(n3)OCCO4)C2)cn1. The van der Waals surface area contributed by atoms with Gasteiger partial charge in [0.05, 0.1) is 18.1 Å². The Labute approximate surface area is 147 Å². The number of aryl methyl sites for hydroxylation is 1. The van der Waals surface area contributed by atoms with Crippen molar-refractivity contribution in [3.8, 4) is 17.4 Å². The molecule has 2 aromatic heterocycles. The standard InChI is InChI=1S/C18H22N4O3/c1-12-7-15(25-16-8-19-13(2)20-9-16)11-22(12)10-14-3-4-17-18(21-14)24-6-5-23-17/h3-4,8-9,12,15H,5-7,10-11H2,1-2H3/t12-,15+/m0/s1. The molecule has 1 saturated heterocycles. The molecule has 2 aliphatic rings. The molecular formula is C18H22N4O3. The Kier molecular flexibility index (Phi) is 4.40. The minimum Gasteiger partial charge on any atom is -0.486 e. The van der Waals surface area contributed by atoms with Crippen molar-refractivity contribution in [1.82, 2.24) is 19.9 Å². The highest BCUT2D eigenvalue weighted by atomic mass is 16.6. The van der Waals surface area contributed by atoms with Crippen LogP contribution in [-0.4, -0.2) is 51.8 Å². The van der Waals surface area contributed by atoms with E-state index in [9.17, 15) is 0 Å². The second kappa shape index (κ2) is 6.84. The predicted octanol–water partition coefficient (Wildman–Crippen LogP) is 1.99. The first-order valence-corrected chi connectivity index (χ1v) is 8.62. The Morgan fingerprint density at radius 2 is 2.00 bits per heavy atom. The zero-order chi connectivity index (χ0) is 17.2. The molecule has 25 heavy (non-hydrogen) atoms. The molecular weight excluding hydrogens is 320 g/mol. The van der Waals surface area contributed by atoms with Gasteiger partial charge in [0.1, 0.15) is 25.1 Å². The van der Waals surface area contributed by atoms with Crippen LogP contribution in [0.25, 0.3) is 0 Å². The third-order valence-corrected chi connectivity index (χ3v) is 4.55. The quantitative estimate of drug-likeness (QED) is 0.841. The van der Waals surface area contributed by atoms with Gasteiger partial charge in [0, 0.05) is 25.6 Å². The maximum Gasteiger partial charge on any atom is 0.257 e. The van der Waals surface area contributed by atoms with Crippen molar-refractivity contribution < 1.29 is 14.2 Å². The zero-order valence-corrected chi connectivity index (χ0v) is 14.5. The van der Waals surface area contributed by atoms with Gasteiger partial charge in [-0.05, 0) is 26.0 Å². The molecule has 0 amide bonds. The third kappa shape index (κ3) is 3.66. The maximum atomic E-state index is 6.03. The van der Waals surface area contributed by atoms with Gasteiger partial charge in [-0.3, -0.25) is 4.90 Å². The van der Waals surface area contributed by atoms with E-state index in [1.54, 1.807) is 12.4 Å². The largest absolute Gasteiger partial charge is 0.486 e. The van der Waals surface area contributed by atoms with Crippen LogP contribution in [0.1, 0.15) is 24.9 Å². The van der Waals surface area contributed by atoms with Crippen molar-refractivity contribution in [3.63, 3.8) is 0 Å². The van der Waals surface area contributed by atoms with Crippen LogP contribution < -0.4 is 14.2 Å². The number of likely N-dealkylation sites (tertiary alicyclic amines) is 1. The van der Waals surface area contributed by atoms with E-state index < -0.39 is 0 Å². The number of aromatic nitrogens is 3. The Balaban J connectivity index is 1.39. The van der Waals surface area contributed by atoms with E-state index in [-0.39, 0.29) is 6.10 Å². The third-order valence-electron chi connectivity index (χ3n) is 4.55. The average molecular weight is 342 g/mol. The molecule has 0 aromatic carbocycles. The predicted molar refractivity (Wildman–Crippen MR) is 90.9 cm³/mol. The first kappa shape index (κ1) is 16.1. The van der Waals surface area contributed by atoms with Crippen LogP contribution in [-0.2, 0) is 6.54 Å². The summed E-state index contributed by atoms with van der Waals surface area (Å²) in [5, 5.41) is 0. The summed E-state index contributed by atoms with van der Waals surface area (Å²) in [4.78, 5) is 15.3. The summed E-state index contributed by atoms with van der Waals surface area (Å²) < 4.78 is 17.1. The summed E-state index contributed by atoms with van der Waals surface area (Å²) in [5.41, 5.74) is 0.982. The van der Waals surface area contributed by atoms with Crippen molar-refractivity contribution in [1.29, 1.82) is 0 Å². The van der Waals surface area contributed by atoms with Gasteiger partial charge >= 0.3 is 0 Å². The van der Waals surface area contributed by atoms with Crippen LogP contribution in [0.4, 0.5) is 0 Å². The second-order valence-electron chi connectivity index (χ2n) is 6.52. The van der Waals surface area contributed by atoms with E-state index in [4.69, 9.17) is 14.2 Å². The van der Waals surface area contributed by atoms with Gasteiger partial charge in [-0.15, -0.1) is 0 Å². The normalized spacial score (nSPS) is 22.8. The summed E-state index contributed by atoms with van der Waals surface area (Å²) in [5.74, 6) is 2.80. The maximum absolute atomic E-state index is 6.03. The van der Waals surface area contributed by atoms with Gasteiger partial charge < -0.3 is 14.2 Å². The fourth-order valence-corrected chi connectivity index (χ4v) is 3.25. The number of rotatable bonds is 4. The first-order valence-electron chi connectivity index (χ1n) is 8.62. The molecule has 2 aliphatic heterocycles. The Morgan fingerprint density at radius 3 is 2.84 bits per heavy atom. The van der Waals surface area contributed by atoms with E-state index in [0.29, 0.717) is 25.1 Å². The van der Waals surface area contributed by atoms with Crippen LogP contribution >= 0.6 is 0 Å². The van der Waals surface area contributed by atoms with Crippen molar-refractivity contribution >= 4 is 0 Å². The van der Waals surface area contributed by atoms with Crippen LogP contribution in [0.3, 0.4) is 0 Å². The molecule has 1 fully saturated rings. The molecule has 2 aromatic rings. The summed E-state index contributed by atoms with van der Waals surface area (Å²) in [6.07, 6.45) is 4.58. The molecule has 0 unspecified atom stereocenters. The highest BCUT2D eigenvalue weighted by Gasteiger charge is 2.31. The monoisotopic (exact) mass is 342 g/mol. The van der Waals surface area contributed by atoms with Gasteiger partial charge in [0.25, 0.3) is 5.88 Å². The van der Waals surface area contributed by atoms with E-state index >= 15 is 0 Å². The molecule has 7 heteroatoms. The van der Waals surface area contributed by atoms with Crippen molar-refractivity contribution in [3.05, 3.63) is 36.0 Å². The topological polar surface area (TPSA) is 69.6 Å². The van der Waals surface area contributed by atoms with Crippen molar-refractivity contribution in [2.75, 3.05) is 19.8 Å². The molecule has 132 valence electrons. The minimum absolute atomic E-state index is 0.138. The molecule has 4 rings (SSSR count). The van der Waals surface area contributed by atoms with Gasteiger partial charge in [-0.2, -0.15) is 0 Å². The van der Waals surface area contributed by atoms with Crippen LogP contribution in [0.2, 0.25) is 0 Å². The van der Waals surface area contributed by atoms with Gasteiger partial charge in [-0.1, -0.05) is 0 Å². The van der Waals surface area contributed by atoms with Crippen molar-refractivity contribution in [2.45, 2.75) is 39.0 Å². The molecule has 0 radical (unpaired) electrons. The number of ether oxygens (including phenoxy) is 3. The molecule has 0 N–H and O–H groups in total. The molecule has 0 spiro atoms. The zero-order valence-electron chi connectivity index (χ0n) is 14.5. The molecule has 4 heterocycles. The van der Waals surface area contributed by atoms with E-state index in [0.717, 1.165) is 42.5 Å². The number of nitrogens with zero attached hydrogens (tertiary/aromatic N) is 4. The highest BCUT2D eigenvalue weighted by Crippen LogP contribution is 2.29. The molecule has 0 saturated carbocycles. The molecule has 0 aliphatic carbocycles. The number of fused-ring (bicyclic) bond motifs is 1. The highest BCUT2D eigenvalue weighted by molar-refractivity contribution is 5.35. The Bertz CT molecular complexity index is 738. The van der Waals surface area contributed by atoms with Gasteiger partial charge in [-0.25, -0.2) is 15.0 Å². The number of pyridine rings is 1.